The minimum Gasteiger partial charge on any atom is -0.274 e. The maximum Gasteiger partial charge on any atom is 0.403 e. The molecule has 0 spiro atoms. The van der Waals surface area contributed by atoms with Crippen LogP contribution in [0.1, 0.15) is 38.5 Å². The van der Waals surface area contributed by atoms with Gasteiger partial charge in [-0.2, -0.15) is 26.3 Å². The molecule has 6 saturated carbocycles. The molecule has 0 bridgehead atoms. The molecule has 4 heterocycles. The first-order valence-electron chi connectivity index (χ1n) is 26.7. The highest BCUT2D eigenvalue weighted by Crippen LogP contribution is 2.68. The van der Waals surface area contributed by atoms with E-state index in [0.29, 0.717) is 24.3 Å². The third-order valence-corrected chi connectivity index (χ3v) is 19.9. The van der Waals surface area contributed by atoms with Crippen molar-refractivity contribution < 1.29 is 135 Å². The molecule has 22 unspecified atom stereocenters. The number of carbonyl (C=O) groups is 8. The lowest BCUT2D eigenvalue weighted by Crippen LogP contribution is -2.69. The number of amides is 8. The molecule has 85 heavy (non-hydrogen) atoms. The van der Waals surface area contributed by atoms with Crippen LogP contribution in [0.3, 0.4) is 0 Å². The zero-order chi connectivity index (χ0) is 62.8. The summed E-state index contributed by atoms with van der Waals surface area (Å²) in [5, 5.41) is 0. The van der Waals surface area contributed by atoms with E-state index in [9.17, 15) is 38.4 Å². The van der Waals surface area contributed by atoms with Crippen LogP contribution in [0.2, 0.25) is 0 Å². The van der Waals surface area contributed by atoms with Crippen LogP contribution < -0.4 is 0 Å². The molecule has 0 radical (unpaired) electrons. The van der Waals surface area contributed by atoms with Crippen LogP contribution in [-0.2, 0) is 38.4 Å². The average Bonchev–Trinajstić information content (AvgIpc) is 1.76. The number of hydrogen-bond donors (Lipinski definition) is 0. The Morgan fingerprint density at radius 2 is 0.482 bits per heavy atom. The van der Waals surface area contributed by atoms with E-state index in [1.165, 1.54) is 0 Å². The summed E-state index contributed by atoms with van der Waals surface area (Å²) >= 11 is 0. The molecule has 8 amide bonds. The van der Waals surface area contributed by atoms with Crippen molar-refractivity contribution in [2.24, 2.45) is 64.6 Å². The predicted octanol–water partition coefficient (Wildman–Crippen LogP) is 7.15. The van der Waals surface area contributed by atoms with Crippen molar-refractivity contribution in [3.05, 3.63) is 24.3 Å². The summed E-state index contributed by atoms with van der Waals surface area (Å²) in [4.78, 5) is 103. The molecular weight excluding hydrogens is 1210 g/mol. The molecule has 4 aliphatic heterocycles. The maximum absolute atomic E-state index is 16.3. The van der Waals surface area contributed by atoms with E-state index in [4.69, 9.17) is 0 Å². The molecule has 22 atom stereocenters. The van der Waals surface area contributed by atoms with Crippen LogP contribution in [0.5, 0.6) is 0 Å². The van der Waals surface area contributed by atoms with Crippen LogP contribution in [0.4, 0.5) is 96.6 Å². The Labute approximate surface area is 464 Å². The topological polar surface area (TPSA) is 150 Å². The molecule has 472 valence electrons. The molecule has 12 nitrogen and oxygen atoms in total. The van der Waals surface area contributed by atoms with Crippen molar-refractivity contribution in [2.75, 3.05) is 0 Å². The van der Waals surface area contributed by atoms with Gasteiger partial charge in [-0.15, -0.1) is 0 Å². The van der Waals surface area contributed by atoms with Crippen molar-refractivity contribution in [3.63, 3.8) is 0 Å². The third kappa shape index (κ3) is 8.80. The number of rotatable bonds is 8. The predicted molar refractivity (Wildman–Crippen MR) is 236 cm³/mol. The molecule has 0 N–H and O–H groups in total. The summed E-state index contributed by atoms with van der Waals surface area (Å²) in [5.74, 6) is -41.7. The van der Waals surface area contributed by atoms with Crippen LogP contribution in [0, 0.1) is 64.6 Å². The number of fused-ring (bicyclic) bond motifs is 2. The highest BCUT2D eigenvalue weighted by Gasteiger charge is 2.79. The van der Waals surface area contributed by atoms with E-state index in [2.05, 4.69) is 0 Å². The van der Waals surface area contributed by atoms with Gasteiger partial charge in [-0.1, -0.05) is 0 Å². The van der Waals surface area contributed by atoms with Gasteiger partial charge in [0.2, 0.25) is 23.6 Å². The summed E-state index contributed by atoms with van der Waals surface area (Å²) in [6.45, 7) is 0. The summed E-state index contributed by atoms with van der Waals surface area (Å²) in [6, 6.07) is -12.5. The standard InChI is InChI=1S/C51H46F22N4O8/c52-25-21(26(53)34(61)41(33(25)60)74-17(78)5-6-18(74)79)23-29(56)37(64)43(38(65)30(23)57)76-45(82)13-3-1-11(9-15(13)47(76)84)49(50(68,69)70,51(71,72)73)12-2-4-14-16(10-12)48(85)77(46(14)83)44-39(66)31(58)24(32(59)40(44)67)22-27(54)35(62)42(36(63)28(22)55)75-19(80)7-8-20(75)81/h5-8,11-16,21-44H,1-4,9-10H2. The zero-order valence-electron chi connectivity index (χ0n) is 42.7. The largest absolute Gasteiger partial charge is 0.403 e. The Hall–Kier alpha value is -5.50. The molecule has 2 saturated heterocycles. The first-order valence-corrected chi connectivity index (χ1v) is 26.7. The second kappa shape index (κ2) is 21.4. The molecule has 10 rings (SSSR count). The molecule has 34 heteroatoms. The van der Waals surface area contributed by atoms with Crippen LogP contribution in [0.25, 0.3) is 0 Å². The molecule has 6 aliphatic carbocycles. The van der Waals surface area contributed by atoms with Gasteiger partial charge >= 0.3 is 12.4 Å². The lowest BCUT2D eigenvalue weighted by Gasteiger charge is -2.52. The van der Waals surface area contributed by atoms with Crippen molar-refractivity contribution in [3.8, 4) is 0 Å². The van der Waals surface area contributed by atoms with Crippen LogP contribution in [-0.4, -0.2) is 202 Å². The van der Waals surface area contributed by atoms with Crippen LogP contribution in [0.15, 0.2) is 24.3 Å². The van der Waals surface area contributed by atoms with Crippen molar-refractivity contribution in [1.29, 1.82) is 0 Å². The maximum atomic E-state index is 16.3. The second-order valence-electron chi connectivity index (χ2n) is 23.5. The molecule has 0 aromatic rings. The minimum atomic E-state index is -6.54. The lowest BCUT2D eigenvalue weighted by atomic mass is 9.54. The van der Waals surface area contributed by atoms with Crippen LogP contribution >= 0.6 is 0 Å². The number of likely N-dealkylation sites (tertiary alicyclic amines) is 2. The van der Waals surface area contributed by atoms with Gasteiger partial charge in [-0.25, -0.2) is 70.2 Å². The van der Waals surface area contributed by atoms with Gasteiger partial charge in [0.05, 0.1) is 23.7 Å². The SMILES string of the molecule is O=C1C=CC(=O)N1C1C(F)C(F)C(C2C(F)C(F)C(N3C(=O)C4CCC(C(C5CCC6C(=O)N(C7C(F)C(F)C(C8C(F)C(F)C(N9C(=O)C=CC9=O)C(F)C8F)C(F)C7F)C(=O)C6C5)(C(F)(F)F)C(F)(F)F)CC4C3=O)C(F)C2F)C(F)C1F. The average molecular weight is 1260 g/mol. The Morgan fingerprint density at radius 3 is 0.694 bits per heavy atom. The van der Waals surface area contributed by atoms with E-state index in [-0.39, 0.29) is 9.80 Å². The van der Waals surface area contributed by atoms with Crippen molar-refractivity contribution in [1.82, 2.24) is 19.6 Å². The van der Waals surface area contributed by atoms with Gasteiger partial charge in [0, 0.05) is 48.0 Å². The lowest BCUT2D eigenvalue weighted by molar-refractivity contribution is -0.383. The molecule has 8 fully saturated rings. The second-order valence-corrected chi connectivity index (χ2v) is 23.5. The molecule has 0 aromatic carbocycles. The van der Waals surface area contributed by atoms with E-state index >= 15 is 96.6 Å². The number of carbonyl (C=O) groups excluding carboxylic acids is 8. The smallest absolute Gasteiger partial charge is 0.274 e. The van der Waals surface area contributed by atoms with E-state index < -0.39 is 295 Å². The molecular formula is C51H46F22N4O8. The number of alkyl halides is 22. The fourth-order valence-corrected chi connectivity index (χ4v) is 16.1. The monoisotopic (exact) mass is 1260 g/mol. The first kappa shape index (κ1) is 62.5. The van der Waals surface area contributed by atoms with Gasteiger partial charge in [-0.3, -0.25) is 58.0 Å². The highest BCUT2D eigenvalue weighted by molar-refractivity contribution is 6.14. The van der Waals surface area contributed by atoms with Gasteiger partial charge in [-0.05, 0) is 50.4 Å². The zero-order valence-corrected chi connectivity index (χ0v) is 42.7. The molecule has 10 aliphatic rings. The quantitative estimate of drug-likeness (QED) is 0.184. The van der Waals surface area contributed by atoms with Gasteiger partial charge < -0.3 is 0 Å². The Bertz CT molecular complexity index is 2550. The number of nitrogens with zero attached hydrogens (tertiary/aromatic N) is 4. The first-order chi connectivity index (χ1) is 39.5. The number of halogens is 22. The summed E-state index contributed by atoms with van der Waals surface area (Å²) < 4.78 is 349. The fourth-order valence-electron chi connectivity index (χ4n) is 16.1. The third-order valence-electron chi connectivity index (χ3n) is 19.9. The number of hydrogen-bond acceptors (Lipinski definition) is 8. The summed E-state index contributed by atoms with van der Waals surface area (Å²) in [6.07, 6.45) is -78.5. The van der Waals surface area contributed by atoms with E-state index in [1.54, 1.807) is 0 Å². The van der Waals surface area contributed by atoms with Gasteiger partial charge in [0.15, 0.2) is 54.8 Å². The van der Waals surface area contributed by atoms with Gasteiger partial charge in [0.1, 0.15) is 73.5 Å². The Kier molecular flexibility index (Phi) is 15.7. The summed E-state index contributed by atoms with van der Waals surface area (Å²) in [7, 11) is 0. The van der Waals surface area contributed by atoms with Gasteiger partial charge in [0.25, 0.3) is 23.6 Å². The fraction of sp³-hybridized carbons (Fsp3) is 0.765. The van der Waals surface area contributed by atoms with Crippen molar-refractivity contribution in [2.45, 2.75) is 174 Å². The normalized spacial score (nSPS) is 48.3. The van der Waals surface area contributed by atoms with E-state index in [0.717, 1.165) is 0 Å². The van der Waals surface area contributed by atoms with Crippen molar-refractivity contribution >= 4 is 47.3 Å². The molecule has 0 aromatic heterocycles. The highest BCUT2D eigenvalue weighted by atomic mass is 19.4. The van der Waals surface area contributed by atoms with E-state index in [1.807, 2.05) is 0 Å². The summed E-state index contributed by atoms with van der Waals surface area (Å²) in [5.41, 5.74) is -5.13. The Morgan fingerprint density at radius 1 is 0.282 bits per heavy atom. The number of imide groups is 4. The minimum absolute atomic E-state index is 0.251. The Balaban J connectivity index is 0.867.